The Labute approximate surface area is 230 Å². The van der Waals surface area contributed by atoms with Crippen molar-refractivity contribution in [3.05, 3.63) is 63.1 Å². The SMILES string of the molecule is CCCCNC(=O)C(C)N(Cc1c(Cl)cccc1Cl)C(=O)CN(c1cc(C)ccc1C)S(=O)(=O)N(C)C. The maximum atomic E-state index is 13.8. The van der Waals surface area contributed by atoms with Crippen LogP contribution in [-0.2, 0) is 26.3 Å². The molecule has 8 nitrogen and oxygen atoms in total. The molecule has 0 heterocycles. The lowest BCUT2D eigenvalue weighted by Gasteiger charge is -2.33. The van der Waals surface area contributed by atoms with Crippen molar-refractivity contribution in [2.75, 3.05) is 31.5 Å². The Balaban J connectivity index is 2.53. The molecular weight excluding hydrogens is 535 g/mol. The maximum Gasteiger partial charge on any atom is 0.304 e. The van der Waals surface area contributed by atoms with Gasteiger partial charge in [0.15, 0.2) is 0 Å². The van der Waals surface area contributed by atoms with Gasteiger partial charge in [0.2, 0.25) is 11.8 Å². The first kappa shape index (κ1) is 30.9. The van der Waals surface area contributed by atoms with Gasteiger partial charge in [-0.25, -0.2) is 4.31 Å². The van der Waals surface area contributed by atoms with Gasteiger partial charge in [-0.15, -0.1) is 0 Å². The fourth-order valence-electron chi connectivity index (χ4n) is 3.66. The van der Waals surface area contributed by atoms with Crippen LogP contribution in [0.15, 0.2) is 36.4 Å². The Bertz CT molecular complexity index is 1200. The second kappa shape index (κ2) is 13.5. The lowest BCUT2D eigenvalue weighted by molar-refractivity contribution is -0.139. The number of carbonyl (C=O) groups excluding carboxylic acids is 2. The van der Waals surface area contributed by atoms with Gasteiger partial charge < -0.3 is 10.2 Å². The van der Waals surface area contributed by atoms with Crippen molar-refractivity contribution in [2.45, 2.75) is 53.1 Å². The van der Waals surface area contributed by atoms with Gasteiger partial charge in [-0.05, 0) is 56.5 Å². The van der Waals surface area contributed by atoms with E-state index in [9.17, 15) is 18.0 Å². The van der Waals surface area contributed by atoms with E-state index in [1.54, 1.807) is 44.2 Å². The molecule has 0 bridgehead atoms. The van der Waals surface area contributed by atoms with Gasteiger partial charge >= 0.3 is 10.2 Å². The molecule has 204 valence electrons. The average Bonchev–Trinajstić information content (AvgIpc) is 2.83. The number of aryl methyl sites for hydroxylation is 2. The third-order valence-corrected chi connectivity index (χ3v) is 8.55. The monoisotopic (exact) mass is 570 g/mol. The van der Waals surface area contributed by atoms with E-state index >= 15 is 0 Å². The largest absolute Gasteiger partial charge is 0.354 e. The van der Waals surface area contributed by atoms with Crippen LogP contribution < -0.4 is 9.62 Å². The number of benzene rings is 2. The fourth-order valence-corrected chi connectivity index (χ4v) is 5.29. The molecule has 0 saturated carbocycles. The molecule has 1 unspecified atom stereocenters. The minimum absolute atomic E-state index is 0.0671. The molecule has 0 radical (unpaired) electrons. The van der Waals surface area contributed by atoms with E-state index in [-0.39, 0.29) is 12.5 Å². The molecule has 0 aliphatic rings. The molecule has 0 aromatic heterocycles. The zero-order valence-electron chi connectivity index (χ0n) is 22.2. The number of halogens is 2. The van der Waals surface area contributed by atoms with Gasteiger partial charge in [-0.3, -0.25) is 9.59 Å². The quantitative estimate of drug-likeness (QED) is 0.379. The van der Waals surface area contributed by atoms with Crippen LogP contribution in [0.25, 0.3) is 0 Å². The summed E-state index contributed by atoms with van der Waals surface area (Å²) in [6, 6.07) is 9.48. The van der Waals surface area contributed by atoms with Crippen LogP contribution in [0.2, 0.25) is 10.0 Å². The van der Waals surface area contributed by atoms with Crippen molar-refractivity contribution in [1.82, 2.24) is 14.5 Å². The smallest absolute Gasteiger partial charge is 0.304 e. The van der Waals surface area contributed by atoms with E-state index in [2.05, 4.69) is 5.32 Å². The number of hydrogen-bond acceptors (Lipinski definition) is 4. The predicted octanol–water partition coefficient (Wildman–Crippen LogP) is 4.56. The Morgan fingerprint density at radius 1 is 1.05 bits per heavy atom. The van der Waals surface area contributed by atoms with Gasteiger partial charge in [0.05, 0.1) is 5.69 Å². The number of amides is 2. The molecule has 11 heteroatoms. The first-order valence-electron chi connectivity index (χ1n) is 12.1. The molecule has 0 aliphatic heterocycles. The highest BCUT2D eigenvalue weighted by atomic mass is 35.5. The molecular formula is C26H36Cl2N4O4S. The molecule has 1 atom stereocenters. The molecule has 0 spiro atoms. The van der Waals surface area contributed by atoms with Crippen molar-refractivity contribution in [3.63, 3.8) is 0 Å². The van der Waals surface area contributed by atoms with Crippen LogP contribution in [0.5, 0.6) is 0 Å². The highest BCUT2D eigenvalue weighted by molar-refractivity contribution is 7.90. The van der Waals surface area contributed by atoms with Gasteiger partial charge in [0.25, 0.3) is 0 Å². The number of unbranched alkanes of at least 4 members (excludes halogenated alkanes) is 1. The van der Waals surface area contributed by atoms with Crippen molar-refractivity contribution in [2.24, 2.45) is 0 Å². The molecule has 1 N–H and O–H groups in total. The van der Waals surface area contributed by atoms with E-state index in [1.807, 2.05) is 19.9 Å². The molecule has 2 aromatic carbocycles. The summed E-state index contributed by atoms with van der Waals surface area (Å²) < 4.78 is 28.8. The summed E-state index contributed by atoms with van der Waals surface area (Å²) in [5.41, 5.74) is 2.39. The third-order valence-electron chi connectivity index (χ3n) is 6.04. The Morgan fingerprint density at radius 3 is 2.24 bits per heavy atom. The average molecular weight is 572 g/mol. The maximum absolute atomic E-state index is 13.8. The lowest BCUT2D eigenvalue weighted by Crippen LogP contribution is -2.52. The van der Waals surface area contributed by atoms with E-state index in [1.165, 1.54) is 19.0 Å². The van der Waals surface area contributed by atoms with Crippen molar-refractivity contribution in [3.8, 4) is 0 Å². The van der Waals surface area contributed by atoms with Crippen LogP contribution in [-0.4, -0.2) is 62.7 Å². The Morgan fingerprint density at radius 2 is 1.68 bits per heavy atom. The molecule has 0 saturated heterocycles. The zero-order chi connectivity index (χ0) is 27.9. The summed E-state index contributed by atoms with van der Waals surface area (Å²) in [5.74, 6) is -0.917. The molecule has 0 fully saturated rings. The molecule has 2 amide bonds. The van der Waals surface area contributed by atoms with Crippen molar-refractivity contribution >= 4 is 50.9 Å². The summed E-state index contributed by atoms with van der Waals surface area (Å²) in [7, 11) is -1.23. The second-order valence-corrected chi connectivity index (χ2v) is 12.0. The molecule has 2 aromatic rings. The number of anilines is 1. The van der Waals surface area contributed by atoms with Crippen LogP contribution in [0.4, 0.5) is 5.69 Å². The number of nitrogens with zero attached hydrogens (tertiary/aromatic N) is 3. The number of carbonyl (C=O) groups is 2. The minimum atomic E-state index is -4.05. The summed E-state index contributed by atoms with van der Waals surface area (Å²) in [6.45, 7) is 7.13. The predicted molar refractivity (Wildman–Crippen MR) is 150 cm³/mol. The normalized spacial score (nSPS) is 12.4. The first-order valence-corrected chi connectivity index (χ1v) is 14.2. The second-order valence-electron chi connectivity index (χ2n) is 9.13. The summed E-state index contributed by atoms with van der Waals surface area (Å²) in [6.07, 6.45) is 1.70. The molecule has 2 rings (SSSR count). The summed E-state index contributed by atoms with van der Waals surface area (Å²) >= 11 is 12.8. The van der Waals surface area contributed by atoms with E-state index in [0.29, 0.717) is 33.4 Å². The van der Waals surface area contributed by atoms with Gasteiger partial charge in [0.1, 0.15) is 12.6 Å². The fraction of sp³-hybridized carbons (Fsp3) is 0.462. The van der Waals surface area contributed by atoms with Gasteiger partial charge in [-0.2, -0.15) is 12.7 Å². The van der Waals surface area contributed by atoms with Crippen molar-refractivity contribution < 1.29 is 18.0 Å². The molecule has 37 heavy (non-hydrogen) atoms. The van der Waals surface area contributed by atoms with Crippen LogP contribution >= 0.6 is 23.2 Å². The first-order chi connectivity index (χ1) is 17.3. The Hall–Kier alpha value is -2.33. The van der Waals surface area contributed by atoms with Gasteiger partial charge in [0, 0.05) is 42.8 Å². The number of nitrogens with one attached hydrogen (secondary N) is 1. The summed E-state index contributed by atoms with van der Waals surface area (Å²) in [5, 5.41) is 3.53. The Kier molecular flexibility index (Phi) is 11.2. The topological polar surface area (TPSA) is 90.0 Å². The zero-order valence-corrected chi connectivity index (χ0v) is 24.5. The van der Waals surface area contributed by atoms with E-state index in [4.69, 9.17) is 23.2 Å². The lowest BCUT2D eigenvalue weighted by atomic mass is 10.1. The van der Waals surface area contributed by atoms with Crippen LogP contribution in [0.3, 0.4) is 0 Å². The van der Waals surface area contributed by atoms with E-state index in [0.717, 1.165) is 27.0 Å². The minimum Gasteiger partial charge on any atom is -0.354 e. The number of hydrogen-bond donors (Lipinski definition) is 1. The summed E-state index contributed by atoms with van der Waals surface area (Å²) in [4.78, 5) is 28.1. The highest BCUT2D eigenvalue weighted by Crippen LogP contribution is 2.28. The van der Waals surface area contributed by atoms with Crippen molar-refractivity contribution in [1.29, 1.82) is 0 Å². The third kappa shape index (κ3) is 7.83. The van der Waals surface area contributed by atoms with E-state index < -0.39 is 28.7 Å². The standard InChI is InChI=1S/C26H36Cl2N4O4S/c1-7-8-14-29-26(34)20(4)31(16-21-22(27)10-9-11-23(21)28)25(33)17-32(37(35,36)30(5)6)24-15-18(2)12-13-19(24)3/h9-13,15,20H,7-8,14,16-17H2,1-6H3,(H,29,34). The number of rotatable bonds is 12. The highest BCUT2D eigenvalue weighted by Gasteiger charge is 2.33. The molecule has 0 aliphatic carbocycles. The van der Waals surface area contributed by atoms with Crippen LogP contribution in [0.1, 0.15) is 43.4 Å². The van der Waals surface area contributed by atoms with Crippen LogP contribution in [0, 0.1) is 13.8 Å². The van der Waals surface area contributed by atoms with Gasteiger partial charge in [-0.1, -0.05) is 54.7 Å².